The molecule has 0 radical (unpaired) electrons. The van der Waals surface area contributed by atoms with Crippen molar-refractivity contribution in [3.8, 4) is 0 Å². The Hall–Kier alpha value is -1.44. The molecule has 0 aromatic carbocycles. The summed E-state index contributed by atoms with van der Waals surface area (Å²) >= 11 is 0. The molecule has 0 saturated carbocycles. The lowest BCUT2D eigenvalue weighted by molar-refractivity contribution is -0.134. The van der Waals surface area contributed by atoms with E-state index in [0.717, 1.165) is 31.3 Å². The van der Waals surface area contributed by atoms with Crippen molar-refractivity contribution in [3.05, 3.63) is 35.5 Å². The smallest absolute Gasteiger partial charge is 0.227 e. The average molecular weight is 482 g/mol. The highest BCUT2D eigenvalue weighted by Crippen LogP contribution is 2.22. The van der Waals surface area contributed by atoms with E-state index in [2.05, 4.69) is 30.5 Å². The van der Waals surface area contributed by atoms with Gasteiger partial charge in [0.1, 0.15) is 0 Å². The number of hydrogen-bond acceptors (Lipinski definition) is 5. The molecule has 1 rings (SSSR count). The van der Waals surface area contributed by atoms with Crippen LogP contribution in [0.5, 0.6) is 0 Å². The maximum Gasteiger partial charge on any atom is 0.227 e. The summed E-state index contributed by atoms with van der Waals surface area (Å²) in [4.78, 5) is 15.5. The second-order valence-corrected chi connectivity index (χ2v) is 11.4. The van der Waals surface area contributed by atoms with Crippen molar-refractivity contribution in [2.75, 3.05) is 39.0 Å². The van der Waals surface area contributed by atoms with Crippen molar-refractivity contribution in [3.63, 3.8) is 0 Å². The van der Waals surface area contributed by atoms with Crippen LogP contribution in [0.3, 0.4) is 0 Å². The Balaban J connectivity index is 3.10. The van der Waals surface area contributed by atoms with E-state index >= 15 is 0 Å². The van der Waals surface area contributed by atoms with E-state index in [9.17, 15) is 13.2 Å². The van der Waals surface area contributed by atoms with Crippen LogP contribution in [-0.4, -0.2) is 63.5 Å². The van der Waals surface area contributed by atoms with E-state index in [4.69, 9.17) is 5.73 Å². The molecule has 1 amide bonds. The Morgan fingerprint density at radius 3 is 2.45 bits per heavy atom. The van der Waals surface area contributed by atoms with Gasteiger partial charge in [-0.25, -0.2) is 8.42 Å². The van der Waals surface area contributed by atoms with Crippen LogP contribution in [0.25, 0.3) is 0 Å². The van der Waals surface area contributed by atoms with Gasteiger partial charge < -0.3 is 16.0 Å². The molecule has 6 nitrogen and oxygen atoms in total. The molecule has 7 heteroatoms. The highest BCUT2D eigenvalue weighted by Gasteiger charge is 2.33. The lowest BCUT2D eigenvalue weighted by Gasteiger charge is -2.29. The van der Waals surface area contributed by atoms with E-state index in [0.29, 0.717) is 51.9 Å². The summed E-state index contributed by atoms with van der Waals surface area (Å²) in [6.07, 6.45) is 14.5. The minimum atomic E-state index is -3.36. The third-order valence-corrected chi connectivity index (χ3v) is 8.65. The molecule has 0 heterocycles. The average Bonchev–Trinajstić information content (AvgIpc) is 3.03. The molecule has 0 saturated heterocycles. The largest absolute Gasteiger partial charge is 0.338 e. The van der Waals surface area contributed by atoms with Gasteiger partial charge in [0.05, 0.1) is 16.9 Å². The zero-order chi connectivity index (χ0) is 24.7. The summed E-state index contributed by atoms with van der Waals surface area (Å²) in [5.74, 6) is -0.694. The Morgan fingerprint density at radius 1 is 1.18 bits per heavy atom. The number of amides is 1. The molecule has 1 aliphatic carbocycles. The molecule has 33 heavy (non-hydrogen) atoms. The molecule has 190 valence electrons. The molecular weight excluding hydrogens is 434 g/mol. The van der Waals surface area contributed by atoms with E-state index in [1.165, 1.54) is 5.57 Å². The topological polar surface area (TPSA) is 92.5 Å². The SMILES string of the molecule is CCCC(CCC)S(=O)(=O)CC(CCNC)C(=O)N(CCCN)CC1=CCC(CC)=CC=C1. The summed E-state index contributed by atoms with van der Waals surface area (Å²) in [5, 5.41) is 2.73. The number of sulfone groups is 1. The van der Waals surface area contributed by atoms with Crippen LogP contribution in [0, 0.1) is 5.92 Å². The number of nitrogens with zero attached hydrogens (tertiary/aromatic N) is 1. The summed E-state index contributed by atoms with van der Waals surface area (Å²) in [6.45, 7) is 8.31. The maximum absolute atomic E-state index is 13.7. The predicted molar refractivity (Wildman–Crippen MR) is 140 cm³/mol. The fourth-order valence-corrected chi connectivity index (χ4v) is 6.61. The molecule has 1 atom stereocenters. The molecule has 0 aromatic heterocycles. The molecule has 0 bridgehead atoms. The van der Waals surface area contributed by atoms with Gasteiger partial charge in [0.15, 0.2) is 9.84 Å². The number of allylic oxidation sites excluding steroid dienone is 4. The molecular formula is C26H47N3O3S. The molecule has 0 spiro atoms. The highest BCUT2D eigenvalue weighted by atomic mass is 32.2. The van der Waals surface area contributed by atoms with Crippen LogP contribution in [0.15, 0.2) is 35.5 Å². The third kappa shape index (κ3) is 10.6. The maximum atomic E-state index is 13.7. The number of carbonyl (C=O) groups excluding carboxylic acids is 1. The van der Waals surface area contributed by atoms with E-state index in [-0.39, 0.29) is 16.9 Å². The number of rotatable bonds is 17. The van der Waals surface area contributed by atoms with Crippen LogP contribution >= 0.6 is 0 Å². The van der Waals surface area contributed by atoms with Crippen LogP contribution in [0.1, 0.15) is 72.1 Å². The summed E-state index contributed by atoms with van der Waals surface area (Å²) in [7, 11) is -1.53. The minimum absolute atomic E-state index is 0.0729. The molecule has 0 aromatic rings. The number of nitrogens with two attached hydrogens (primary N) is 1. The standard InChI is InChI=1S/C26H47N3O3S/c1-5-10-25(11-6-2)33(31,32)21-24(16-18-28-4)26(30)29(19-9-17-27)20-23-13-8-12-22(7-3)14-15-23/h8,12-13,15,24-25,28H,5-7,9-11,14,16-21,27H2,1-4H3. The first-order valence-corrected chi connectivity index (χ1v) is 14.4. The molecule has 0 fully saturated rings. The number of carbonyl (C=O) groups is 1. The Kier molecular flexibility index (Phi) is 14.6. The van der Waals surface area contributed by atoms with Crippen LogP contribution < -0.4 is 11.1 Å². The quantitative estimate of drug-likeness (QED) is 0.328. The monoisotopic (exact) mass is 481 g/mol. The summed E-state index contributed by atoms with van der Waals surface area (Å²) in [6, 6.07) is 0. The Labute approximate surface area is 202 Å². The molecule has 1 unspecified atom stereocenters. The lowest BCUT2D eigenvalue weighted by Crippen LogP contribution is -2.43. The second-order valence-electron chi connectivity index (χ2n) is 9.04. The fourth-order valence-electron chi connectivity index (χ4n) is 4.27. The summed E-state index contributed by atoms with van der Waals surface area (Å²) < 4.78 is 26.6. The lowest BCUT2D eigenvalue weighted by atomic mass is 10.0. The second kappa shape index (κ2) is 16.2. The normalized spacial score (nSPS) is 15.2. The van der Waals surface area contributed by atoms with Gasteiger partial charge in [0.2, 0.25) is 5.91 Å². The van der Waals surface area contributed by atoms with Gasteiger partial charge in [-0.1, -0.05) is 63.5 Å². The Bertz CT molecular complexity index is 766. The molecule has 1 aliphatic rings. The number of hydrogen-bond donors (Lipinski definition) is 2. The van der Waals surface area contributed by atoms with Crippen LogP contribution in [0.2, 0.25) is 0 Å². The van der Waals surface area contributed by atoms with Gasteiger partial charge >= 0.3 is 0 Å². The minimum Gasteiger partial charge on any atom is -0.338 e. The van der Waals surface area contributed by atoms with Gasteiger partial charge in [0, 0.05) is 13.1 Å². The molecule has 3 N–H and O–H groups in total. The van der Waals surface area contributed by atoms with Crippen molar-refractivity contribution in [2.45, 2.75) is 77.4 Å². The van der Waals surface area contributed by atoms with Gasteiger partial charge in [0.25, 0.3) is 0 Å². The van der Waals surface area contributed by atoms with Crippen LogP contribution in [0.4, 0.5) is 0 Å². The van der Waals surface area contributed by atoms with Gasteiger partial charge in [-0.3, -0.25) is 4.79 Å². The van der Waals surface area contributed by atoms with Crippen molar-refractivity contribution in [2.24, 2.45) is 11.7 Å². The first-order chi connectivity index (χ1) is 15.8. The Morgan fingerprint density at radius 2 is 1.88 bits per heavy atom. The first kappa shape index (κ1) is 29.6. The predicted octanol–water partition coefficient (Wildman–Crippen LogP) is 4.00. The number of nitrogens with one attached hydrogen (secondary N) is 1. The van der Waals surface area contributed by atoms with Gasteiger partial charge in [-0.15, -0.1) is 0 Å². The van der Waals surface area contributed by atoms with Crippen molar-refractivity contribution in [1.29, 1.82) is 0 Å². The zero-order valence-corrected chi connectivity index (χ0v) is 22.1. The van der Waals surface area contributed by atoms with E-state index in [1.54, 1.807) is 0 Å². The summed E-state index contributed by atoms with van der Waals surface area (Å²) in [5.41, 5.74) is 8.20. The molecule has 0 aliphatic heterocycles. The van der Waals surface area contributed by atoms with Gasteiger partial charge in [-0.05, 0) is 64.2 Å². The van der Waals surface area contributed by atoms with Crippen LogP contribution in [-0.2, 0) is 14.6 Å². The zero-order valence-electron chi connectivity index (χ0n) is 21.3. The van der Waals surface area contributed by atoms with Crippen molar-refractivity contribution in [1.82, 2.24) is 10.2 Å². The third-order valence-electron chi connectivity index (χ3n) is 6.29. The first-order valence-electron chi connectivity index (χ1n) is 12.7. The van der Waals surface area contributed by atoms with Crippen molar-refractivity contribution >= 4 is 15.7 Å². The highest BCUT2D eigenvalue weighted by molar-refractivity contribution is 7.92. The van der Waals surface area contributed by atoms with E-state index in [1.807, 2.05) is 31.9 Å². The van der Waals surface area contributed by atoms with Gasteiger partial charge in [-0.2, -0.15) is 0 Å². The fraction of sp³-hybridized carbons (Fsp3) is 0.731. The van der Waals surface area contributed by atoms with E-state index < -0.39 is 15.8 Å². The van der Waals surface area contributed by atoms with Crippen molar-refractivity contribution < 1.29 is 13.2 Å².